The molecule has 0 spiro atoms. The standard InChI is InChI=1S/C11H15N3O3/c1-6-4-9(15)8(5-13-14-11(12)16)7(2)10(6)17-3/h4-5,15H,1-3H3,(H3,12,14,16). The van der Waals surface area contributed by atoms with Gasteiger partial charge in [0.1, 0.15) is 11.5 Å². The third-order valence-corrected chi connectivity index (χ3v) is 2.30. The molecule has 92 valence electrons. The van der Waals surface area contributed by atoms with E-state index in [2.05, 4.69) is 10.5 Å². The largest absolute Gasteiger partial charge is 0.507 e. The van der Waals surface area contributed by atoms with Crippen molar-refractivity contribution in [2.24, 2.45) is 10.8 Å². The van der Waals surface area contributed by atoms with E-state index in [9.17, 15) is 9.90 Å². The lowest BCUT2D eigenvalue weighted by Crippen LogP contribution is -2.24. The summed E-state index contributed by atoms with van der Waals surface area (Å²) in [6.07, 6.45) is 1.32. The summed E-state index contributed by atoms with van der Waals surface area (Å²) in [6, 6.07) is 0.801. The Kier molecular flexibility index (Phi) is 3.92. The van der Waals surface area contributed by atoms with Crippen LogP contribution in [-0.2, 0) is 0 Å². The third-order valence-electron chi connectivity index (χ3n) is 2.30. The number of nitrogens with one attached hydrogen (secondary N) is 1. The lowest BCUT2D eigenvalue weighted by Gasteiger charge is -2.12. The van der Waals surface area contributed by atoms with Crippen molar-refractivity contribution >= 4 is 12.2 Å². The van der Waals surface area contributed by atoms with Crippen LogP contribution in [0, 0.1) is 13.8 Å². The van der Waals surface area contributed by atoms with Crippen molar-refractivity contribution in [1.29, 1.82) is 0 Å². The van der Waals surface area contributed by atoms with Crippen LogP contribution in [-0.4, -0.2) is 24.5 Å². The molecule has 0 heterocycles. The zero-order valence-electron chi connectivity index (χ0n) is 9.94. The quantitative estimate of drug-likeness (QED) is 0.540. The van der Waals surface area contributed by atoms with Crippen molar-refractivity contribution in [2.45, 2.75) is 13.8 Å². The highest BCUT2D eigenvalue weighted by Crippen LogP contribution is 2.31. The number of primary amides is 1. The minimum absolute atomic E-state index is 0.0656. The number of benzene rings is 1. The Balaban J connectivity index is 3.15. The normalized spacial score (nSPS) is 10.5. The van der Waals surface area contributed by atoms with Crippen LogP contribution in [0.5, 0.6) is 11.5 Å². The summed E-state index contributed by atoms with van der Waals surface area (Å²) in [5.74, 6) is 0.735. The molecule has 1 aromatic rings. The Morgan fingerprint density at radius 2 is 2.24 bits per heavy atom. The van der Waals surface area contributed by atoms with Crippen LogP contribution in [0.3, 0.4) is 0 Å². The van der Waals surface area contributed by atoms with E-state index in [1.165, 1.54) is 6.21 Å². The topological polar surface area (TPSA) is 96.9 Å². The van der Waals surface area contributed by atoms with Crippen molar-refractivity contribution in [3.05, 3.63) is 22.8 Å². The van der Waals surface area contributed by atoms with Crippen molar-refractivity contribution in [3.63, 3.8) is 0 Å². The van der Waals surface area contributed by atoms with Gasteiger partial charge in [-0.15, -0.1) is 0 Å². The highest BCUT2D eigenvalue weighted by atomic mass is 16.5. The molecule has 0 radical (unpaired) electrons. The molecule has 0 aliphatic heterocycles. The number of nitrogens with zero attached hydrogens (tertiary/aromatic N) is 1. The van der Waals surface area contributed by atoms with E-state index in [1.807, 2.05) is 6.92 Å². The Labute approximate surface area is 99.1 Å². The van der Waals surface area contributed by atoms with E-state index >= 15 is 0 Å². The fraction of sp³-hybridized carbons (Fsp3) is 0.273. The molecule has 0 saturated carbocycles. The maximum Gasteiger partial charge on any atom is 0.332 e. The monoisotopic (exact) mass is 237 g/mol. The zero-order valence-corrected chi connectivity index (χ0v) is 9.94. The maximum atomic E-state index is 10.4. The van der Waals surface area contributed by atoms with Crippen LogP contribution >= 0.6 is 0 Å². The first-order valence-electron chi connectivity index (χ1n) is 4.93. The van der Waals surface area contributed by atoms with Gasteiger partial charge in [-0.3, -0.25) is 0 Å². The lowest BCUT2D eigenvalue weighted by molar-refractivity contribution is 0.249. The van der Waals surface area contributed by atoms with Gasteiger partial charge in [0.05, 0.1) is 13.3 Å². The average molecular weight is 237 g/mol. The van der Waals surface area contributed by atoms with Crippen molar-refractivity contribution < 1.29 is 14.6 Å². The molecule has 0 bridgehead atoms. The first kappa shape index (κ1) is 12.8. The van der Waals surface area contributed by atoms with Crippen LogP contribution in [0.2, 0.25) is 0 Å². The number of amides is 2. The second-order valence-electron chi connectivity index (χ2n) is 3.52. The van der Waals surface area contributed by atoms with Gasteiger partial charge in [0.15, 0.2) is 0 Å². The van der Waals surface area contributed by atoms with E-state index in [4.69, 9.17) is 10.5 Å². The predicted molar refractivity (Wildman–Crippen MR) is 64.4 cm³/mol. The van der Waals surface area contributed by atoms with Crippen LogP contribution in [0.1, 0.15) is 16.7 Å². The molecule has 0 aromatic heterocycles. The van der Waals surface area contributed by atoms with Crippen molar-refractivity contribution in [3.8, 4) is 11.5 Å². The summed E-state index contributed by atoms with van der Waals surface area (Å²) in [6.45, 7) is 3.62. The smallest absolute Gasteiger partial charge is 0.332 e. The van der Waals surface area contributed by atoms with E-state index in [0.29, 0.717) is 11.3 Å². The molecule has 0 atom stereocenters. The summed E-state index contributed by atoms with van der Waals surface area (Å²) in [5, 5.41) is 13.4. The molecule has 6 nitrogen and oxygen atoms in total. The van der Waals surface area contributed by atoms with Gasteiger partial charge in [-0.05, 0) is 25.5 Å². The van der Waals surface area contributed by atoms with Crippen LogP contribution in [0.15, 0.2) is 11.2 Å². The molecular weight excluding hydrogens is 222 g/mol. The number of rotatable bonds is 3. The first-order chi connectivity index (χ1) is 7.97. The van der Waals surface area contributed by atoms with Gasteiger partial charge in [0, 0.05) is 11.1 Å². The van der Waals surface area contributed by atoms with E-state index in [0.717, 1.165) is 11.1 Å². The summed E-state index contributed by atoms with van der Waals surface area (Å²) in [7, 11) is 1.55. The third kappa shape index (κ3) is 2.87. The van der Waals surface area contributed by atoms with Gasteiger partial charge in [-0.1, -0.05) is 0 Å². The van der Waals surface area contributed by atoms with Gasteiger partial charge < -0.3 is 15.6 Å². The molecule has 0 aliphatic carbocycles. The minimum Gasteiger partial charge on any atom is -0.507 e. The molecule has 0 unspecified atom stereocenters. The molecule has 0 aliphatic rings. The van der Waals surface area contributed by atoms with Crippen molar-refractivity contribution in [2.75, 3.05) is 7.11 Å². The predicted octanol–water partition coefficient (Wildman–Crippen LogP) is 1.02. The van der Waals surface area contributed by atoms with Gasteiger partial charge in [0.25, 0.3) is 0 Å². The second kappa shape index (κ2) is 5.20. The molecule has 1 rings (SSSR count). The van der Waals surface area contributed by atoms with E-state index in [1.54, 1.807) is 20.1 Å². The summed E-state index contributed by atoms with van der Waals surface area (Å²) in [4.78, 5) is 10.4. The number of ether oxygens (including phenoxy) is 1. The summed E-state index contributed by atoms with van der Waals surface area (Å²) < 4.78 is 5.21. The lowest BCUT2D eigenvalue weighted by atomic mass is 10.0. The Morgan fingerprint density at radius 1 is 1.59 bits per heavy atom. The average Bonchev–Trinajstić information content (AvgIpc) is 2.22. The number of phenols is 1. The SMILES string of the molecule is COc1c(C)cc(O)c(C=NNC(N)=O)c1C. The molecular formula is C11H15N3O3. The molecule has 0 fully saturated rings. The number of hydrazone groups is 1. The Hall–Kier alpha value is -2.24. The second-order valence-corrected chi connectivity index (χ2v) is 3.52. The number of aromatic hydroxyl groups is 1. The number of phenolic OH excluding ortho intramolecular Hbond substituents is 1. The van der Waals surface area contributed by atoms with Gasteiger partial charge >= 0.3 is 6.03 Å². The number of aryl methyl sites for hydroxylation is 1. The summed E-state index contributed by atoms with van der Waals surface area (Å²) >= 11 is 0. The number of carbonyl (C=O) groups excluding carboxylic acids is 1. The fourth-order valence-electron chi connectivity index (χ4n) is 1.60. The van der Waals surface area contributed by atoms with Crippen LogP contribution in [0.25, 0.3) is 0 Å². The molecule has 17 heavy (non-hydrogen) atoms. The number of urea groups is 1. The molecule has 4 N–H and O–H groups in total. The number of hydrogen-bond donors (Lipinski definition) is 3. The number of hydrogen-bond acceptors (Lipinski definition) is 4. The van der Waals surface area contributed by atoms with E-state index in [-0.39, 0.29) is 5.75 Å². The van der Waals surface area contributed by atoms with Gasteiger partial charge in [0.2, 0.25) is 0 Å². The number of methoxy groups -OCH3 is 1. The summed E-state index contributed by atoms with van der Waals surface area (Å²) in [5.41, 5.74) is 8.95. The molecule has 2 amide bonds. The fourth-order valence-corrected chi connectivity index (χ4v) is 1.60. The first-order valence-corrected chi connectivity index (χ1v) is 4.93. The highest BCUT2D eigenvalue weighted by Gasteiger charge is 2.11. The molecule has 1 aromatic carbocycles. The van der Waals surface area contributed by atoms with Crippen LogP contribution < -0.4 is 15.9 Å². The number of nitrogens with two attached hydrogens (primary N) is 1. The number of carbonyl (C=O) groups is 1. The van der Waals surface area contributed by atoms with Gasteiger partial charge in [-0.25, -0.2) is 10.2 Å². The Bertz CT molecular complexity index is 470. The highest BCUT2D eigenvalue weighted by molar-refractivity contribution is 5.87. The minimum atomic E-state index is -0.766. The van der Waals surface area contributed by atoms with Crippen LogP contribution in [0.4, 0.5) is 4.79 Å². The molecule has 6 heteroatoms. The maximum absolute atomic E-state index is 10.4. The Morgan fingerprint density at radius 3 is 2.76 bits per heavy atom. The molecule has 0 saturated heterocycles. The zero-order chi connectivity index (χ0) is 13.0. The van der Waals surface area contributed by atoms with Gasteiger partial charge in [-0.2, -0.15) is 5.10 Å². The van der Waals surface area contributed by atoms with E-state index < -0.39 is 6.03 Å². The van der Waals surface area contributed by atoms with Crippen molar-refractivity contribution in [1.82, 2.24) is 5.43 Å².